The second-order valence-electron chi connectivity index (χ2n) is 5.54. The van der Waals surface area contributed by atoms with Crippen LogP contribution in [0.3, 0.4) is 0 Å². The summed E-state index contributed by atoms with van der Waals surface area (Å²) in [6.07, 6.45) is 4.44. The van der Waals surface area contributed by atoms with Crippen molar-refractivity contribution in [1.82, 2.24) is 20.6 Å². The zero-order valence-corrected chi connectivity index (χ0v) is 18.2. The molecule has 0 saturated carbocycles. The lowest BCUT2D eigenvalue weighted by Crippen LogP contribution is -2.38. The normalized spacial score (nSPS) is 10.8. The summed E-state index contributed by atoms with van der Waals surface area (Å²) in [5, 5.41) is 6.57. The number of hydrogen-bond acceptors (Lipinski definition) is 5. The summed E-state index contributed by atoms with van der Waals surface area (Å²) in [7, 11) is 1.64. The molecule has 2 aromatic heterocycles. The predicted molar refractivity (Wildman–Crippen MR) is 118 cm³/mol. The largest absolute Gasteiger partial charge is 0.475 e. The minimum Gasteiger partial charge on any atom is -0.475 e. The van der Waals surface area contributed by atoms with E-state index in [4.69, 9.17) is 9.47 Å². The Hall–Kier alpha value is -1.94. The molecule has 0 aromatic carbocycles. The molecule has 0 unspecified atom stereocenters. The number of pyridine rings is 2. The topological polar surface area (TPSA) is 80.7 Å². The molecule has 2 rings (SSSR count). The van der Waals surface area contributed by atoms with Crippen molar-refractivity contribution < 1.29 is 9.47 Å². The van der Waals surface area contributed by atoms with Gasteiger partial charge in [-0.05, 0) is 24.6 Å². The molecule has 0 fully saturated rings. The molecule has 27 heavy (non-hydrogen) atoms. The monoisotopic (exact) mass is 485 g/mol. The Labute approximate surface area is 178 Å². The highest BCUT2D eigenvalue weighted by molar-refractivity contribution is 14.0. The lowest BCUT2D eigenvalue weighted by Gasteiger charge is -2.11. The molecule has 2 aromatic rings. The molecule has 0 amide bonds. The highest BCUT2D eigenvalue weighted by Crippen LogP contribution is 2.08. The third-order valence-electron chi connectivity index (χ3n) is 3.50. The fourth-order valence-corrected chi connectivity index (χ4v) is 2.19. The first-order chi connectivity index (χ1) is 12.8. The van der Waals surface area contributed by atoms with E-state index >= 15 is 0 Å². The fourth-order valence-electron chi connectivity index (χ4n) is 2.19. The molecule has 2 N–H and O–H groups in total. The Balaban J connectivity index is 0.00000364. The van der Waals surface area contributed by atoms with Gasteiger partial charge in [0.25, 0.3) is 0 Å². The summed E-state index contributed by atoms with van der Waals surface area (Å²) in [6, 6.07) is 9.76. The first-order valence-corrected chi connectivity index (χ1v) is 8.80. The second-order valence-corrected chi connectivity index (χ2v) is 5.54. The number of guanidine groups is 1. The maximum Gasteiger partial charge on any atom is 0.213 e. The van der Waals surface area contributed by atoms with Crippen molar-refractivity contribution in [3.05, 3.63) is 54.0 Å². The van der Waals surface area contributed by atoms with Crippen LogP contribution < -0.4 is 15.4 Å². The molecule has 148 valence electrons. The molecule has 0 aliphatic heterocycles. The zero-order valence-electron chi connectivity index (χ0n) is 15.9. The van der Waals surface area contributed by atoms with Crippen molar-refractivity contribution in [2.75, 3.05) is 33.4 Å². The van der Waals surface area contributed by atoms with Gasteiger partial charge in [-0.2, -0.15) is 0 Å². The summed E-state index contributed by atoms with van der Waals surface area (Å²) in [6.45, 7) is 5.21. The molecule has 0 aliphatic rings. The van der Waals surface area contributed by atoms with E-state index in [9.17, 15) is 0 Å². The number of halogens is 1. The Bertz CT molecular complexity index is 653. The van der Waals surface area contributed by atoms with Gasteiger partial charge in [-0.15, -0.1) is 24.0 Å². The quantitative estimate of drug-likeness (QED) is 0.233. The number of rotatable bonds is 10. The minimum atomic E-state index is 0. The third-order valence-corrected chi connectivity index (χ3v) is 3.50. The van der Waals surface area contributed by atoms with E-state index < -0.39 is 0 Å². The molecular formula is C19H28IN5O2. The van der Waals surface area contributed by atoms with E-state index in [-0.39, 0.29) is 24.0 Å². The average Bonchev–Trinajstić information content (AvgIpc) is 2.68. The van der Waals surface area contributed by atoms with Gasteiger partial charge in [0.05, 0.1) is 13.2 Å². The van der Waals surface area contributed by atoms with Gasteiger partial charge in [0, 0.05) is 50.8 Å². The van der Waals surface area contributed by atoms with Crippen molar-refractivity contribution in [1.29, 1.82) is 0 Å². The molecule has 0 spiro atoms. The smallest absolute Gasteiger partial charge is 0.213 e. The highest BCUT2D eigenvalue weighted by Gasteiger charge is 2.00. The van der Waals surface area contributed by atoms with E-state index in [1.807, 2.05) is 43.5 Å². The van der Waals surface area contributed by atoms with Crippen LogP contribution in [0.1, 0.15) is 18.2 Å². The lowest BCUT2D eigenvalue weighted by molar-refractivity contribution is 0.143. The molecular weight excluding hydrogens is 457 g/mol. The number of aliphatic imine (C=N–C) groups is 1. The van der Waals surface area contributed by atoms with E-state index in [0.717, 1.165) is 36.7 Å². The summed E-state index contributed by atoms with van der Waals surface area (Å²) < 4.78 is 10.4. The maximum absolute atomic E-state index is 5.46. The first-order valence-electron chi connectivity index (χ1n) is 8.80. The van der Waals surface area contributed by atoms with Crippen LogP contribution >= 0.6 is 24.0 Å². The van der Waals surface area contributed by atoms with Crippen molar-refractivity contribution in [2.24, 2.45) is 4.99 Å². The number of hydrogen-bond donors (Lipinski definition) is 2. The summed E-state index contributed by atoms with van der Waals surface area (Å²) >= 11 is 0. The van der Waals surface area contributed by atoms with E-state index in [1.54, 1.807) is 13.3 Å². The van der Waals surface area contributed by atoms with E-state index in [2.05, 4.69) is 25.6 Å². The maximum atomic E-state index is 5.46. The number of ether oxygens (including phenoxy) is 2. The number of aromatic nitrogens is 2. The van der Waals surface area contributed by atoms with Gasteiger partial charge in [-0.25, -0.2) is 9.98 Å². The van der Waals surface area contributed by atoms with E-state index in [0.29, 0.717) is 25.6 Å². The standard InChI is InChI=1S/C19H27N5O2.HI/c1-3-20-19(22-11-9-17-6-4-5-10-21-17)24-15-16-7-8-18(23-14-16)26-13-12-25-2;/h4-8,10,14H,3,9,11-13,15H2,1-2H3,(H2,20,22,24);1H. The second kappa shape index (κ2) is 14.2. The summed E-state index contributed by atoms with van der Waals surface area (Å²) in [5.74, 6) is 1.37. The molecule has 8 heteroatoms. The van der Waals surface area contributed by atoms with Gasteiger partial charge in [-0.3, -0.25) is 4.98 Å². The Morgan fingerprint density at radius 1 is 1.11 bits per heavy atom. The van der Waals surface area contributed by atoms with Crippen LogP contribution in [-0.2, 0) is 17.7 Å². The molecule has 0 atom stereocenters. The SMILES string of the molecule is CCNC(=NCc1ccc(OCCOC)nc1)NCCc1ccccn1.I. The van der Waals surface area contributed by atoms with Crippen LogP contribution in [0, 0.1) is 0 Å². The summed E-state index contributed by atoms with van der Waals surface area (Å²) in [4.78, 5) is 13.2. The Morgan fingerprint density at radius 3 is 2.67 bits per heavy atom. The van der Waals surface area contributed by atoms with Crippen molar-refractivity contribution in [2.45, 2.75) is 19.9 Å². The van der Waals surface area contributed by atoms with E-state index in [1.165, 1.54) is 0 Å². The van der Waals surface area contributed by atoms with Crippen LogP contribution in [0.5, 0.6) is 5.88 Å². The molecule has 2 heterocycles. The highest BCUT2D eigenvalue weighted by atomic mass is 127. The van der Waals surface area contributed by atoms with Gasteiger partial charge in [0.2, 0.25) is 5.88 Å². The summed E-state index contributed by atoms with van der Waals surface area (Å²) in [5.41, 5.74) is 2.08. The van der Waals surface area contributed by atoms with Crippen molar-refractivity contribution >= 4 is 29.9 Å². The van der Waals surface area contributed by atoms with Crippen LogP contribution in [0.4, 0.5) is 0 Å². The minimum absolute atomic E-state index is 0. The van der Waals surface area contributed by atoms with Gasteiger partial charge in [0.1, 0.15) is 6.61 Å². The van der Waals surface area contributed by atoms with Gasteiger partial charge in [-0.1, -0.05) is 12.1 Å². The lowest BCUT2D eigenvalue weighted by atomic mass is 10.3. The van der Waals surface area contributed by atoms with Crippen LogP contribution in [0.2, 0.25) is 0 Å². The van der Waals surface area contributed by atoms with Gasteiger partial charge in [0.15, 0.2) is 5.96 Å². The third kappa shape index (κ3) is 9.53. The Morgan fingerprint density at radius 2 is 2.00 bits per heavy atom. The van der Waals surface area contributed by atoms with Crippen LogP contribution in [0.15, 0.2) is 47.7 Å². The van der Waals surface area contributed by atoms with Crippen LogP contribution in [-0.4, -0.2) is 49.3 Å². The molecule has 0 aliphatic carbocycles. The number of methoxy groups -OCH3 is 1. The first kappa shape index (κ1) is 23.1. The number of nitrogens with one attached hydrogen (secondary N) is 2. The van der Waals surface area contributed by atoms with Crippen LogP contribution in [0.25, 0.3) is 0 Å². The molecule has 0 radical (unpaired) electrons. The Kier molecular flexibility index (Phi) is 12.1. The predicted octanol–water partition coefficient (Wildman–Crippen LogP) is 2.42. The van der Waals surface area contributed by atoms with Crippen molar-refractivity contribution in [3.63, 3.8) is 0 Å². The molecule has 0 saturated heterocycles. The fraction of sp³-hybridized carbons (Fsp3) is 0.421. The van der Waals surface area contributed by atoms with Crippen molar-refractivity contribution in [3.8, 4) is 5.88 Å². The average molecular weight is 485 g/mol. The zero-order chi connectivity index (χ0) is 18.5. The number of nitrogens with zero attached hydrogens (tertiary/aromatic N) is 3. The molecule has 7 nitrogen and oxygen atoms in total. The van der Waals surface area contributed by atoms with Gasteiger partial charge < -0.3 is 20.1 Å². The van der Waals surface area contributed by atoms with Gasteiger partial charge >= 0.3 is 0 Å². The molecule has 0 bridgehead atoms.